The number of hydrogen-bond acceptors (Lipinski definition) is 1. The second-order valence-electron chi connectivity index (χ2n) is 4.21. The van der Waals surface area contributed by atoms with Crippen LogP contribution in [0.5, 0.6) is 0 Å². The third-order valence-corrected chi connectivity index (χ3v) is 3.24. The third-order valence-electron chi connectivity index (χ3n) is 1.93. The first-order valence-corrected chi connectivity index (χ1v) is 7.09. The maximum absolute atomic E-state index is 5.70. The molecule has 0 aromatic heterocycles. The third kappa shape index (κ3) is 12.4. The average Bonchev–Trinajstić information content (AvgIpc) is 2.05. The van der Waals surface area contributed by atoms with E-state index in [9.17, 15) is 0 Å². The highest BCUT2D eigenvalue weighted by molar-refractivity contribution is 7.37. The van der Waals surface area contributed by atoms with E-state index < -0.39 is 0 Å². The molecule has 0 aromatic carbocycles. The summed E-state index contributed by atoms with van der Waals surface area (Å²) in [6.07, 6.45) is 3.78. The Morgan fingerprint density at radius 1 is 1.31 bits per heavy atom. The van der Waals surface area contributed by atoms with E-state index in [1.165, 1.54) is 12.6 Å². The molecule has 13 heavy (non-hydrogen) atoms. The van der Waals surface area contributed by atoms with Crippen LogP contribution < -0.4 is 5.73 Å². The molecule has 1 nitrogen and oxygen atoms in total. The number of rotatable bonds is 5. The molecule has 0 aromatic rings. The highest BCUT2D eigenvalue weighted by Gasteiger charge is 2.16. The van der Waals surface area contributed by atoms with Gasteiger partial charge in [0.25, 0.3) is 0 Å². The highest BCUT2D eigenvalue weighted by atomic mass is 31.1. The lowest BCUT2D eigenvalue weighted by molar-refractivity contribution is 0.360. The van der Waals surface area contributed by atoms with Gasteiger partial charge in [-0.3, -0.25) is 0 Å². The molecule has 0 bridgehead atoms. The summed E-state index contributed by atoms with van der Waals surface area (Å²) in [6.45, 7) is 13.0. The molecule has 0 radical (unpaired) electrons. The maximum Gasteiger partial charge on any atom is 0.00106 e. The molecule has 2 N–H and O–H groups in total. The maximum atomic E-state index is 5.70. The van der Waals surface area contributed by atoms with Gasteiger partial charge in [0.15, 0.2) is 0 Å². The summed E-state index contributed by atoms with van der Waals surface area (Å²) < 4.78 is 0. The van der Waals surface area contributed by atoms with Crippen molar-refractivity contribution in [3.05, 3.63) is 0 Å². The Labute approximate surface area is 86.6 Å². The molecule has 0 rings (SSSR count). The molecule has 0 aliphatic rings. The van der Waals surface area contributed by atoms with E-state index in [0.717, 1.165) is 15.0 Å². The van der Waals surface area contributed by atoms with Gasteiger partial charge in [0.2, 0.25) is 0 Å². The summed E-state index contributed by atoms with van der Waals surface area (Å²) in [6, 6.07) is 0.370. The van der Waals surface area contributed by atoms with Crippen LogP contribution >= 0.6 is 8.58 Å². The molecular formula is C11H28NP. The Kier molecular flexibility index (Phi) is 10.9. The van der Waals surface area contributed by atoms with Gasteiger partial charge < -0.3 is 5.73 Å². The molecule has 0 saturated heterocycles. The van der Waals surface area contributed by atoms with E-state index in [1.807, 2.05) is 13.8 Å². The van der Waals surface area contributed by atoms with Crippen LogP contribution in [-0.2, 0) is 0 Å². The van der Waals surface area contributed by atoms with Gasteiger partial charge in [-0.1, -0.05) is 27.7 Å². The van der Waals surface area contributed by atoms with Crippen LogP contribution in [0.2, 0.25) is 0 Å². The average molecular weight is 205 g/mol. The van der Waals surface area contributed by atoms with Crippen molar-refractivity contribution in [2.24, 2.45) is 11.1 Å². The summed E-state index contributed by atoms with van der Waals surface area (Å²) in [5.74, 6) is 0. The molecule has 0 spiro atoms. The molecule has 0 amide bonds. The number of hydrogen-bond donors (Lipinski definition) is 1. The first-order valence-electron chi connectivity index (χ1n) is 5.38. The minimum absolute atomic E-state index is 0.370. The SMILES string of the molecule is CC.CPCC(C)(C)CCC(C)N. The van der Waals surface area contributed by atoms with Gasteiger partial charge in [0.05, 0.1) is 0 Å². The minimum atomic E-state index is 0.370. The zero-order valence-corrected chi connectivity index (χ0v) is 11.3. The lowest BCUT2D eigenvalue weighted by Gasteiger charge is -2.24. The lowest BCUT2D eigenvalue weighted by Crippen LogP contribution is -2.21. The van der Waals surface area contributed by atoms with Gasteiger partial charge in [-0.15, -0.1) is 8.58 Å². The zero-order chi connectivity index (χ0) is 10.9. The van der Waals surface area contributed by atoms with Crippen molar-refractivity contribution in [1.29, 1.82) is 0 Å². The van der Waals surface area contributed by atoms with Crippen molar-refractivity contribution in [2.75, 3.05) is 12.8 Å². The largest absolute Gasteiger partial charge is 0.328 e. The quantitative estimate of drug-likeness (QED) is 0.683. The second-order valence-corrected chi connectivity index (χ2v) is 5.27. The molecule has 0 saturated carbocycles. The molecule has 82 valence electrons. The van der Waals surface area contributed by atoms with Gasteiger partial charge in [-0.2, -0.15) is 0 Å². The van der Waals surface area contributed by atoms with Crippen molar-refractivity contribution in [3.8, 4) is 0 Å². The fourth-order valence-corrected chi connectivity index (χ4v) is 2.32. The van der Waals surface area contributed by atoms with Crippen molar-refractivity contribution in [3.63, 3.8) is 0 Å². The van der Waals surface area contributed by atoms with E-state index in [2.05, 4.69) is 27.4 Å². The van der Waals surface area contributed by atoms with E-state index >= 15 is 0 Å². The van der Waals surface area contributed by atoms with Crippen LogP contribution in [0, 0.1) is 5.41 Å². The molecule has 2 unspecified atom stereocenters. The summed E-state index contributed by atoms with van der Waals surface area (Å²) in [4.78, 5) is 0. The molecule has 0 fully saturated rings. The van der Waals surface area contributed by atoms with Crippen LogP contribution in [0.3, 0.4) is 0 Å². The minimum Gasteiger partial charge on any atom is -0.328 e. The number of nitrogens with two attached hydrogens (primary N) is 1. The zero-order valence-electron chi connectivity index (χ0n) is 10.3. The Hall–Kier alpha value is 0.390. The van der Waals surface area contributed by atoms with Gasteiger partial charge in [0, 0.05) is 6.04 Å². The Bertz CT molecular complexity index is 100. The smallest absolute Gasteiger partial charge is 0.00106 e. The fourth-order valence-electron chi connectivity index (χ4n) is 1.19. The molecule has 2 heteroatoms. The van der Waals surface area contributed by atoms with Crippen LogP contribution in [0.1, 0.15) is 47.5 Å². The van der Waals surface area contributed by atoms with E-state index in [0.29, 0.717) is 11.5 Å². The van der Waals surface area contributed by atoms with Crippen LogP contribution in [0.15, 0.2) is 0 Å². The van der Waals surface area contributed by atoms with Crippen molar-refractivity contribution >= 4 is 8.58 Å². The first-order chi connectivity index (χ1) is 5.98. The molecule has 2 atom stereocenters. The summed E-state index contributed by atoms with van der Waals surface area (Å²) in [7, 11) is 1.07. The Morgan fingerprint density at radius 3 is 2.08 bits per heavy atom. The first kappa shape index (κ1) is 15.8. The van der Waals surface area contributed by atoms with Gasteiger partial charge >= 0.3 is 0 Å². The van der Waals surface area contributed by atoms with Crippen LogP contribution in [0.25, 0.3) is 0 Å². The predicted molar refractivity (Wildman–Crippen MR) is 67.1 cm³/mol. The molecule has 0 aliphatic carbocycles. The molecule has 0 aliphatic heterocycles. The molecule has 0 heterocycles. The van der Waals surface area contributed by atoms with Gasteiger partial charge in [-0.05, 0) is 38.0 Å². The van der Waals surface area contributed by atoms with Crippen LogP contribution in [-0.4, -0.2) is 18.9 Å². The second kappa shape index (κ2) is 8.97. The summed E-state index contributed by atoms with van der Waals surface area (Å²) >= 11 is 0. The normalized spacial score (nSPS) is 14.1. The summed E-state index contributed by atoms with van der Waals surface area (Å²) in [5, 5.41) is 0. The summed E-state index contributed by atoms with van der Waals surface area (Å²) in [5.41, 5.74) is 6.21. The standard InChI is InChI=1S/C9H22NP.C2H6/c1-8(10)5-6-9(2,3)7-11-4;1-2/h8,11H,5-7,10H2,1-4H3;1-2H3. The lowest BCUT2D eigenvalue weighted by atomic mass is 9.89. The van der Waals surface area contributed by atoms with Crippen LogP contribution in [0.4, 0.5) is 0 Å². The van der Waals surface area contributed by atoms with Crippen molar-refractivity contribution < 1.29 is 0 Å². The van der Waals surface area contributed by atoms with Gasteiger partial charge in [0.1, 0.15) is 0 Å². The van der Waals surface area contributed by atoms with Crippen molar-refractivity contribution in [2.45, 2.75) is 53.5 Å². The van der Waals surface area contributed by atoms with Crippen molar-refractivity contribution in [1.82, 2.24) is 0 Å². The van der Waals surface area contributed by atoms with E-state index in [-0.39, 0.29) is 0 Å². The van der Waals surface area contributed by atoms with E-state index in [1.54, 1.807) is 0 Å². The van der Waals surface area contributed by atoms with E-state index in [4.69, 9.17) is 5.73 Å². The highest BCUT2D eigenvalue weighted by Crippen LogP contribution is 2.28. The topological polar surface area (TPSA) is 26.0 Å². The fraction of sp³-hybridized carbons (Fsp3) is 1.00. The molecular weight excluding hydrogens is 177 g/mol. The monoisotopic (exact) mass is 205 g/mol. The Morgan fingerprint density at radius 2 is 1.77 bits per heavy atom. The van der Waals surface area contributed by atoms with Gasteiger partial charge in [-0.25, -0.2) is 0 Å². The Balaban J connectivity index is 0. The predicted octanol–water partition coefficient (Wildman–Crippen LogP) is 3.47.